The fraction of sp³-hybridized carbons (Fsp3) is 0.294. The van der Waals surface area contributed by atoms with Crippen LogP contribution in [0.2, 0.25) is 0 Å². The van der Waals surface area contributed by atoms with Crippen molar-refractivity contribution in [1.82, 2.24) is 25.5 Å². The third-order valence-corrected chi connectivity index (χ3v) is 4.74. The van der Waals surface area contributed by atoms with Crippen LogP contribution in [0.15, 0.2) is 29.6 Å². The predicted molar refractivity (Wildman–Crippen MR) is 97.9 cm³/mol. The number of carbonyl (C=O) groups excluding carboxylic acids is 1. The number of thiazole rings is 1. The molecule has 4 rings (SSSR count). The van der Waals surface area contributed by atoms with Gasteiger partial charge >= 0.3 is 0 Å². The fourth-order valence-electron chi connectivity index (χ4n) is 2.40. The molecule has 3 aromatic rings. The van der Waals surface area contributed by atoms with E-state index >= 15 is 0 Å². The molecule has 9 heteroatoms. The monoisotopic (exact) mass is 370 g/mol. The molecular weight excluding hydrogens is 352 g/mol. The molecule has 1 aliphatic rings. The molecule has 0 atom stereocenters. The first-order valence-corrected chi connectivity index (χ1v) is 9.15. The lowest BCUT2D eigenvalue weighted by atomic mass is 10.3. The van der Waals surface area contributed by atoms with E-state index in [1.807, 2.05) is 24.3 Å². The van der Waals surface area contributed by atoms with Crippen LogP contribution in [-0.4, -0.2) is 33.2 Å². The number of amides is 1. The van der Waals surface area contributed by atoms with Crippen molar-refractivity contribution in [2.75, 3.05) is 12.4 Å². The Hall–Kier alpha value is -2.94. The number of hydrogen-bond acceptors (Lipinski definition) is 7. The molecule has 0 radical (unpaired) electrons. The van der Waals surface area contributed by atoms with Crippen molar-refractivity contribution >= 4 is 28.1 Å². The van der Waals surface area contributed by atoms with Crippen LogP contribution in [0, 0.1) is 0 Å². The minimum Gasteiger partial charge on any atom is -0.497 e. The number of methoxy groups -OCH3 is 1. The van der Waals surface area contributed by atoms with Gasteiger partial charge in [0.2, 0.25) is 0 Å². The summed E-state index contributed by atoms with van der Waals surface area (Å²) in [4.78, 5) is 21.0. The summed E-state index contributed by atoms with van der Waals surface area (Å²) in [5, 5.41) is 15.4. The maximum Gasteiger partial charge on any atom is 0.271 e. The van der Waals surface area contributed by atoms with Crippen molar-refractivity contribution in [2.24, 2.45) is 0 Å². The highest BCUT2D eigenvalue weighted by Crippen LogP contribution is 2.37. The van der Waals surface area contributed by atoms with Gasteiger partial charge in [-0.3, -0.25) is 9.89 Å². The smallest absolute Gasteiger partial charge is 0.271 e. The summed E-state index contributed by atoms with van der Waals surface area (Å²) < 4.78 is 5.13. The molecule has 0 saturated heterocycles. The third kappa shape index (κ3) is 3.83. The van der Waals surface area contributed by atoms with E-state index in [9.17, 15) is 4.79 Å². The van der Waals surface area contributed by atoms with E-state index in [0.717, 1.165) is 30.1 Å². The molecule has 1 amide bonds. The van der Waals surface area contributed by atoms with E-state index in [4.69, 9.17) is 4.74 Å². The van der Waals surface area contributed by atoms with E-state index in [0.29, 0.717) is 29.1 Å². The highest BCUT2D eigenvalue weighted by Gasteiger charge is 2.27. The van der Waals surface area contributed by atoms with E-state index in [1.165, 1.54) is 11.3 Å². The zero-order valence-corrected chi connectivity index (χ0v) is 15.0. The Morgan fingerprint density at radius 1 is 1.31 bits per heavy atom. The van der Waals surface area contributed by atoms with E-state index in [1.54, 1.807) is 12.5 Å². The maximum absolute atomic E-state index is 12.2. The van der Waals surface area contributed by atoms with E-state index in [-0.39, 0.29) is 5.91 Å². The Kier molecular flexibility index (Phi) is 4.53. The molecule has 1 saturated carbocycles. The van der Waals surface area contributed by atoms with Gasteiger partial charge in [-0.15, -0.1) is 11.3 Å². The van der Waals surface area contributed by atoms with Crippen molar-refractivity contribution < 1.29 is 9.53 Å². The summed E-state index contributed by atoms with van der Waals surface area (Å²) in [7, 11) is 1.62. The Morgan fingerprint density at radius 3 is 2.85 bits per heavy atom. The molecule has 1 fully saturated rings. The van der Waals surface area contributed by atoms with Gasteiger partial charge in [0.1, 0.15) is 17.3 Å². The second-order valence-electron chi connectivity index (χ2n) is 5.99. The molecule has 0 spiro atoms. The fourth-order valence-corrected chi connectivity index (χ4v) is 3.11. The number of aromatic amines is 1. The summed E-state index contributed by atoms with van der Waals surface area (Å²) in [6.07, 6.45) is 2.29. The van der Waals surface area contributed by atoms with Crippen LogP contribution in [0.5, 0.6) is 5.75 Å². The van der Waals surface area contributed by atoms with Gasteiger partial charge in [-0.05, 0) is 37.1 Å². The third-order valence-electron chi connectivity index (χ3n) is 3.99. The highest BCUT2D eigenvalue weighted by molar-refractivity contribution is 7.14. The highest BCUT2D eigenvalue weighted by atomic mass is 32.1. The van der Waals surface area contributed by atoms with Crippen molar-refractivity contribution in [1.29, 1.82) is 0 Å². The first-order valence-electron chi connectivity index (χ1n) is 8.27. The normalized spacial score (nSPS) is 13.4. The molecule has 0 bridgehead atoms. The van der Waals surface area contributed by atoms with Crippen LogP contribution in [0.1, 0.15) is 40.9 Å². The van der Waals surface area contributed by atoms with Crippen molar-refractivity contribution in [2.45, 2.75) is 25.3 Å². The van der Waals surface area contributed by atoms with Crippen LogP contribution >= 0.6 is 11.3 Å². The van der Waals surface area contributed by atoms with Gasteiger partial charge in [0, 0.05) is 17.0 Å². The lowest BCUT2D eigenvalue weighted by molar-refractivity contribution is 0.0945. The maximum atomic E-state index is 12.2. The second-order valence-corrected chi connectivity index (χ2v) is 6.85. The Morgan fingerprint density at radius 2 is 2.12 bits per heavy atom. The first kappa shape index (κ1) is 16.5. The lowest BCUT2D eigenvalue weighted by Crippen LogP contribution is -2.23. The number of rotatable bonds is 7. The van der Waals surface area contributed by atoms with Crippen molar-refractivity contribution in [3.05, 3.63) is 47.0 Å². The van der Waals surface area contributed by atoms with Gasteiger partial charge in [-0.2, -0.15) is 5.10 Å². The Labute approximate surface area is 154 Å². The number of hydrogen-bond donors (Lipinski definition) is 3. The number of nitrogens with one attached hydrogen (secondary N) is 3. The standard InChI is InChI=1S/C17H18N6O2S/c1-25-12-6-4-11(5-7-12)19-17-20-13(9-26-17)16(24)18-8-14-21-15(23-22-14)10-2-3-10/h4-7,9-10H,2-3,8H2,1H3,(H,18,24)(H,19,20)(H,21,22,23). The summed E-state index contributed by atoms with van der Waals surface area (Å²) >= 11 is 1.37. The van der Waals surface area contributed by atoms with Crippen LogP contribution in [-0.2, 0) is 6.54 Å². The number of ether oxygens (including phenoxy) is 1. The number of carbonyl (C=O) groups is 1. The number of anilines is 2. The largest absolute Gasteiger partial charge is 0.497 e. The molecular formula is C17H18N6O2S. The summed E-state index contributed by atoms with van der Waals surface area (Å²) in [6.45, 7) is 0.303. The van der Waals surface area contributed by atoms with Gasteiger partial charge in [0.15, 0.2) is 11.0 Å². The zero-order valence-electron chi connectivity index (χ0n) is 14.2. The Balaban J connectivity index is 1.33. The topological polar surface area (TPSA) is 105 Å². The summed E-state index contributed by atoms with van der Waals surface area (Å²) in [5.74, 6) is 2.53. The van der Waals surface area contributed by atoms with Gasteiger partial charge in [-0.1, -0.05) is 0 Å². The molecule has 1 aromatic carbocycles. The molecule has 2 aromatic heterocycles. The lowest BCUT2D eigenvalue weighted by Gasteiger charge is -2.04. The number of H-pyrrole nitrogens is 1. The summed E-state index contributed by atoms with van der Waals surface area (Å²) in [5.41, 5.74) is 1.24. The molecule has 8 nitrogen and oxygen atoms in total. The minimum atomic E-state index is -0.242. The van der Waals surface area contributed by atoms with E-state index in [2.05, 4.69) is 30.8 Å². The SMILES string of the molecule is COc1ccc(Nc2nc(C(=O)NCc3nc(C4CC4)n[nH]3)cs2)cc1. The van der Waals surface area contributed by atoms with Crippen molar-refractivity contribution in [3.8, 4) is 5.75 Å². The quantitative estimate of drug-likeness (QED) is 0.591. The second kappa shape index (κ2) is 7.12. The number of benzene rings is 1. The molecule has 26 heavy (non-hydrogen) atoms. The zero-order chi connectivity index (χ0) is 17.9. The number of aromatic nitrogens is 4. The van der Waals surface area contributed by atoms with Gasteiger partial charge in [-0.25, -0.2) is 9.97 Å². The van der Waals surface area contributed by atoms with Crippen LogP contribution in [0.3, 0.4) is 0 Å². The van der Waals surface area contributed by atoms with Gasteiger partial charge in [0.25, 0.3) is 5.91 Å². The molecule has 3 N–H and O–H groups in total. The Bertz CT molecular complexity index is 900. The molecule has 1 aliphatic carbocycles. The molecule has 0 aliphatic heterocycles. The van der Waals surface area contributed by atoms with Crippen LogP contribution < -0.4 is 15.4 Å². The van der Waals surface area contributed by atoms with Crippen LogP contribution in [0.4, 0.5) is 10.8 Å². The van der Waals surface area contributed by atoms with Gasteiger partial charge in [0.05, 0.1) is 13.7 Å². The minimum absolute atomic E-state index is 0.242. The average molecular weight is 370 g/mol. The predicted octanol–water partition coefficient (Wildman–Crippen LogP) is 2.82. The van der Waals surface area contributed by atoms with Gasteiger partial charge < -0.3 is 15.4 Å². The molecule has 134 valence electrons. The number of nitrogens with zero attached hydrogens (tertiary/aromatic N) is 3. The first-order chi connectivity index (χ1) is 12.7. The van der Waals surface area contributed by atoms with E-state index < -0.39 is 0 Å². The molecule has 2 heterocycles. The molecule has 0 unspecified atom stereocenters. The summed E-state index contributed by atoms with van der Waals surface area (Å²) in [6, 6.07) is 7.50. The average Bonchev–Trinajstić information content (AvgIpc) is 3.22. The van der Waals surface area contributed by atoms with Crippen molar-refractivity contribution in [3.63, 3.8) is 0 Å². The van der Waals surface area contributed by atoms with Crippen LogP contribution in [0.25, 0.3) is 0 Å².